The normalized spacial score (nSPS) is 10.3. The SMILES string of the molecule is CCCOc1nc(NN)nc(N(C)Cc2cscn2)n1. The zero-order chi connectivity index (χ0) is 14.4. The highest BCUT2D eigenvalue weighted by Crippen LogP contribution is 2.15. The van der Waals surface area contributed by atoms with Crippen LogP contribution in [0.5, 0.6) is 6.01 Å². The molecule has 0 aliphatic heterocycles. The fourth-order valence-electron chi connectivity index (χ4n) is 1.47. The number of hydrogen-bond acceptors (Lipinski definition) is 9. The third-order valence-corrected chi connectivity index (χ3v) is 3.03. The summed E-state index contributed by atoms with van der Waals surface area (Å²) in [5, 5.41) is 1.98. The molecule has 2 heterocycles. The lowest BCUT2D eigenvalue weighted by Gasteiger charge is -2.16. The average molecular weight is 295 g/mol. The molecule has 0 saturated carbocycles. The summed E-state index contributed by atoms with van der Waals surface area (Å²) in [4.78, 5) is 18.6. The maximum atomic E-state index is 5.43. The second-order valence-corrected chi connectivity index (χ2v) is 4.79. The molecule has 0 atom stereocenters. The van der Waals surface area contributed by atoms with Gasteiger partial charge in [0.25, 0.3) is 0 Å². The van der Waals surface area contributed by atoms with Crippen LogP contribution in [0.1, 0.15) is 19.0 Å². The molecule has 0 fully saturated rings. The van der Waals surface area contributed by atoms with Gasteiger partial charge in [-0.05, 0) is 6.42 Å². The Labute approximate surface area is 121 Å². The number of anilines is 2. The third kappa shape index (κ3) is 3.75. The monoisotopic (exact) mass is 295 g/mol. The fourth-order valence-corrected chi connectivity index (χ4v) is 2.02. The summed E-state index contributed by atoms with van der Waals surface area (Å²) >= 11 is 1.55. The van der Waals surface area contributed by atoms with E-state index in [1.54, 1.807) is 16.8 Å². The molecule has 0 amide bonds. The summed E-state index contributed by atoms with van der Waals surface area (Å²) in [6.07, 6.45) is 0.876. The van der Waals surface area contributed by atoms with Crippen molar-refractivity contribution >= 4 is 23.2 Å². The van der Waals surface area contributed by atoms with Gasteiger partial charge in [-0.25, -0.2) is 10.8 Å². The predicted octanol–water partition coefficient (Wildman–Crippen LogP) is 1.04. The Bertz CT molecular complexity index is 534. The molecule has 0 bridgehead atoms. The van der Waals surface area contributed by atoms with E-state index in [2.05, 4.69) is 25.4 Å². The van der Waals surface area contributed by atoms with Crippen LogP contribution < -0.4 is 20.9 Å². The maximum absolute atomic E-state index is 5.43. The zero-order valence-corrected chi connectivity index (χ0v) is 12.2. The van der Waals surface area contributed by atoms with Crippen molar-refractivity contribution in [3.8, 4) is 6.01 Å². The minimum Gasteiger partial charge on any atom is -0.463 e. The van der Waals surface area contributed by atoms with E-state index in [1.165, 1.54) is 0 Å². The van der Waals surface area contributed by atoms with Crippen LogP contribution >= 0.6 is 11.3 Å². The topological polar surface area (TPSA) is 102 Å². The van der Waals surface area contributed by atoms with Crippen molar-refractivity contribution in [2.45, 2.75) is 19.9 Å². The van der Waals surface area contributed by atoms with Crippen LogP contribution in [-0.2, 0) is 6.54 Å². The minimum absolute atomic E-state index is 0.259. The summed E-state index contributed by atoms with van der Waals surface area (Å²) in [6.45, 7) is 3.16. The second kappa shape index (κ2) is 6.96. The van der Waals surface area contributed by atoms with Gasteiger partial charge in [0.15, 0.2) is 0 Å². The number of ether oxygens (including phenoxy) is 1. The summed E-state index contributed by atoms with van der Waals surface area (Å²) in [6, 6.07) is 0.259. The highest BCUT2D eigenvalue weighted by Gasteiger charge is 2.12. The first-order valence-electron chi connectivity index (χ1n) is 6.16. The number of nitrogens with zero attached hydrogens (tertiary/aromatic N) is 5. The standard InChI is InChI=1S/C11H17N7OS/c1-3-4-19-11-15-9(17-12)14-10(16-11)18(2)5-8-6-20-7-13-8/h6-7H,3-5,12H2,1-2H3,(H,14,15,16,17). The Hall–Kier alpha value is -2.00. The van der Waals surface area contributed by atoms with Gasteiger partial charge < -0.3 is 9.64 Å². The number of aromatic nitrogens is 4. The smallest absolute Gasteiger partial charge is 0.323 e. The molecule has 0 spiro atoms. The number of rotatable bonds is 7. The highest BCUT2D eigenvalue weighted by molar-refractivity contribution is 7.07. The van der Waals surface area contributed by atoms with Crippen LogP contribution in [0.15, 0.2) is 10.9 Å². The van der Waals surface area contributed by atoms with E-state index >= 15 is 0 Å². The van der Waals surface area contributed by atoms with Crippen LogP contribution in [0.4, 0.5) is 11.9 Å². The van der Waals surface area contributed by atoms with E-state index in [4.69, 9.17) is 10.6 Å². The molecule has 2 aromatic heterocycles. The van der Waals surface area contributed by atoms with Gasteiger partial charge in [-0.3, -0.25) is 5.43 Å². The van der Waals surface area contributed by atoms with Gasteiger partial charge >= 0.3 is 6.01 Å². The number of nitrogens with two attached hydrogens (primary N) is 1. The lowest BCUT2D eigenvalue weighted by Crippen LogP contribution is -2.22. The summed E-state index contributed by atoms with van der Waals surface area (Å²) in [7, 11) is 1.87. The largest absolute Gasteiger partial charge is 0.463 e. The van der Waals surface area contributed by atoms with Crippen molar-refractivity contribution in [1.82, 2.24) is 19.9 Å². The van der Waals surface area contributed by atoms with E-state index in [9.17, 15) is 0 Å². The van der Waals surface area contributed by atoms with Crippen molar-refractivity contribution in [1.29, 1.82) is 0 Å². The van der Waals surface area contributed by atoms with Crippen LogP contribution in [0.3, 0.4) is 0 Å². The molecular formula is C11H17N7OS. The Balaban J connectivity index is 2.16. The molecule has 2 rings (SSSR count). The van der Waals surface area contributed by atoms with E-state index < -0.39 is 0 Å². The lowest BCUT2D eigenvalue weighted by molar-refractivity contribution is 0.292. The first kappa shape index (κ1) is 14.4. The molecule has 0 aromatic carbocycles. The molecule has 0 saturated heterocycles. The van der Waals surface area contributed by atoms with Crippen molar-refractivity contribution in [3.05, 3.63) is 16.6 Å². The van der Waals surface area contributed by atoms with Gasteiger partial charge in [0.05, 0.1) is 24.4 Å². The molecule has 108 valence electrons. The zero-order valence-electron chi connectivity index (χ0n) is 11.4. The van der Waals surface area contributed by atoms with Crippen LogP contribution in [0.2, 0.25) is 0 Å². The number of hydrogen-bond donors (Lipinski definition) is 2. The number of hydrazine groups is 1. The fraction of sp³-hybridized carbons (Fsp3) is 0.455. The van der Waals surface area contributed by atoms with Gasteiger partial charge in [-0.15, -0.1) is 11.3 Å². The van der Waals surface area contributed by atoms with Crippen LogP contribution in [0.25, 0.3) is 0 Å². The van der Waals surface area contributed by atoms with Crippen molar-refractivity contribution in [2.75, 3.05) is 24.0 Å². The Morgan fingerprint density at radius 1 is 1.40 bits per heavy atom. The minimum atomic E-state index is 0.259. The van der Waals surface area contributed by atoms with Gasteiger partial charge in [0.2, 0.25) is 11.9 Å². The summed E-state index contributed by atoms with van der Waals surface area (Å²) < 4.78 is 5.43. The summed E-state index contributed by atoms with van der Waals surface area (Å²) in [5.74, 6) is 6.11. The number of nitrogens with one attached hydrogen (secondary N) is 1. The van der Waals surface area contributed by atoms with Crippen LogP contribution in [-0.4, -0.2) is 33.6 Å². The first-order valence-corrected chi connectivity index (χ1v) is 7.11. The van der Waals surface area contributed by atoms with Crippen LogP contribution in [0, 0.1) is 0 Å². The van der Waals surface area contributed by atoms with Gasteiger partial charge in [0, 0.05) is 12.4 Å². The van der Waals surface area contributed by atoms with Gasteiger partial charge in [0.1, 0.15) is 0 Å². The van der Waals surface area contributed by atoms with E-state index in [-0.39, 0.29) is 12.0 Å². The molecule has 0 unspecified atom stereocenters. The van der Waals surface area contributed by atoms with E-state index in [1.807, 2.05) is 24.3 Å². The van der Waals surface area contributed by atoms with E-state index in [0.29, 0.717) is 19.1 Å². The molecule has 0 radical (unpaired) electrons. The molecule has 8 nitrogen and oxygen atoms in total. The third-order valence-electron chi connectivity index (χ3n) is 2.39. The van der Waals surface area contributed by atoms with Crippen molar-refractivity contribution in [3.63, 3.8) is 0 Å². The maximum Gasteiger partial charge on any atom is 0.323 e. The Kier molecular flexibility index (Phi) is 5.02. The highest BCUT2D eigenvalue weighted by atomic mass is 32.1. The summed E-state index contributed by atoms with van der Waals surface area (Å²) in [5.41, 5.74) is 5.16. The Morgan fingerprint density at radius 3 is 2.90 bits per heavy atom. The quantitative estimate of drug-likeness (QED) is 0.577. The average Bonchev–Trinajstić information content (AvgIpc) is 2.97. The number of thiazole rings is 1. The molecule has 0 aliphatic rings. The van der Waals surface area contributed by atoms with Crippen molar-refractivity contribution in [2.24, 2.45) is 5.84 Å². The van der Waals surface area contributed by atoms with E-state index in [0.717, 1.165) is 12.1 Å². The molecule has 0 aliphatic carbocycles. The number of nitrogen functional groups attached to an aromatic ring is 1. The van der Waals surface area contributed by atoms with Gasteiger partial charge in [-0.2, -0.15) is 15.0 Å². The molecular weight excluding hydrogens is 278 g/mol. The molecule has 2 aromatic rings. The predicted molar refractivity (Wildman–Crippen MR) is 77.6 cm³/mol. The lowest BCUT2D eigenvalue weighted by atomic mass is 10.4. The van der Waals surface area contributed by atoms with Crippen molar-refractivity contribution < 1.29 is 4.74 Å². The Morgan fingerprint density at radius 2 is 2.25 bits per heavy atom. The molecule has 20 heavy (non-hydrogen) atoms. The second-order valence-electron chi connectivity index (χ2n) is 4.07. The first-order chi connectivity index (χ1) is 9.72. The molecule has 9 heteroatoms. The molecule has 3 N–H and O–H groups in total. The van der Waals surface area contributed by atoms with Gasteiger partial charge in [-0.1, -0.05) is 6.92 Å².